The third kappa shape index (κ3) is 4.76. The number of halogens is 1. The molecule has 3 heterocycles. The minimum absolute atomic E-state index is 0.135. The molecule has 0 spiro atoms. The molecule has 1 aliphatic heterocycles. The maximum Gasteiger partial charge on any atom is 0.291 e. The predicted molar refractivity (Wildman–Crippen MR) is 116 cm³/mol. The van der Waals surface area contributed by atoms with Gasteiger partial charge in [0, 0.05) is 19.1 Å². The minimum atomic E-state index is -0.320. The summed E-state index contributed by atoms with van der Waals surface area (Å²) in [4.78, 5) is 20.7. The SMILES string of the molecule is CCCCN1CCC(NC(=O)c2nc(-c3cccs3)n(-c3ccc(F)cc3)n2)CC1. The van der Waals surface area contributed by atoms with Gasteiger partial charge in [-0.25, -0.2) is 14.1 Å². The van der Waals surface area contributed by atoms with Gasteiger partial charge in [0.15, 0.2) is 5.82 Å². The normalized spacial score (nSPS) is 15.4. The molecule has 6 nitrogen and oxygen atoms in total. The summed E-state index contributed by atoms with van der Waals surface area (Å²) < 4.78 is 15.0. The smallest absolute Gasteiger partial charge is 0.291 e. The first kappa shape index (κ1) is 20.7. The van der Waals surface area contributed by atoms with Gasteiger partial charge in [-0.15, -0.1) is 16.4 Å². The number of benzene rings is 1. The van der Waals surface area contributed by atoms with Crippen LogP contribution in [0, 0.1) is 5.82 Å². The largest absolute Gasteiger partial charge is 0.346 e. The van der Waals surface area contributed by atoms with Gasteiger partial charge in [0.05, 0.1) is 10.6 Å². The molecule has 1 N–H and O–H groups in total. The van der Waals surface area contributed by atoms with Crippen molar-refractivity contribution in [2.45, 2.75) is 38.6 Å². The highest BCUT2D eigenvalue weighted by Crippen LogP contribution is 2.26. The van der Waals surface area contributed by atoms with Crippen LogP contribution in [0.4, 0.5) is 4.39 Å². The number of carbonyl (C=O) groups excluding carboxylic acids is 1. The molecule has 158 valence electrons. The van der Waals surface area contributed by atoms with Crippen molar-refractivity contribution in [1.29, 1.82) is 0 Å². The van der Waals surface area contributed by atoms with Crippen LogP contribution in [0.5, 0.6) is 0 Å². The summed E-state index contributed by atoms with van der Waals surface area (Å²) in [5.41, 5.74) is 0.663. The number of hydrogen-bond acceptors (Lipinski definition) is 5. The Hall–Kier alpha value is -2.58. The number of hydrogen-bond donors (Lipinski definition) is 1. The number of amides is 1. The molecule has 2 aromatic heterocycles. The number of carbonyl (C=O) groups is 1. The van der Waals surface area contributed by atoms with Gasteiger partial charge < -0.3 is 10.2 Å². The number of unbranched alkanes of at least 4 members (excludes halogenated alkanes) is 1. The summed E-state index contributed by atoms with van der Waals surface area (Å²) in [6.45, 7) is 5.34. The van der Waals surface area contributed by atoms with Gasteiger partial charge in [-0.1, -0.05) is 19.4 Å². The van der Waals surface area contributed by atoms with Crippen LogP contribution in [0.15, 0.2) is 41.8 Å². The number of piperidine rings is 1. The summed E-state index contributed by atoms with van der Waals surface area (Å²) in [5, 5.41) is 9.50. The molecule has 1 amide bonds. The fourth-order valence-corrected chi connectivity index (χ4v) is 4.37. The van der Waals surface area contributed by atoms with Gasteiger partial charge in [0.25, 0.3) is 5.91 Å². The Balaban J connectivity index is 1.50. The number of aromatic nitrogens is 3. The molecule has 0 atom stereocenters. The lowest BCUT2D eigenvalue weighted by Gasteiger charge is -2.32. The van der Waals surface area contributed by atoms with E-state index in [1.54, 1.807) is 16.8 Å². The van der Waals surface area contributed by atoms with Crippen molar-refractivity contribution in [2.75, 3.05) is 19.6 Å². The van der Waals surface area contributed by atoms with Gasteiger partial charge in [-0.3, -0.25) is 4.79 Å². The molecule has 1 aromatic carbocycles. The molecular weight excluding hydrogens is 401 g/mol. The summed E-state index contributed by atoms with van der Waals surface area (Å²) in [6, 6.07) is 10.0. The van der Waals surface area contributed by atoms with E-state index in [-0.39, 0.29) is 23.6 Å². The first-order valence-corrected chi connectivity index (χ1v) is 11.3. The van der Waals surface area contributed by atoms with E-state index in [0.717, 1.165) is 37.4 Å². The fourth-order valence-electron chi connectivity index (χ4n) is 3.67. The molecule has 0 saturated carbocycles. The van der Waals surface area contributed by atoms with Crippen LogP contribution in [-0.2, 0) is 0 Å². The average Bonchev–Trinajstić information content (AvgIpc) is 3.44. The van der Waals surface area contributed by atoms with Crippen molar-refractivity contribution in [3.8, 4) is 16.4 Å². The lowest BCUT2D eigenvalue weighted by atomic mass is 10.0. The Labute approximate surface area is 179 Å². The molecule has 1 saturated heterocycles. The Kier molecular flexibility index (Phi) is 6.54. The molecule has 0 radical (unpaired) electrons. The second kappa shape index (κ2) is 9.49. The first-order chi connectivity index (χ1) is 14.6. The Morgan fingerprint density at radius 2 is 2.00 bits per heavy atom. The molecule has 0 aliphatic carbocycles. The number of nitrogens with one attached hydrogen (secondary N) is 1. The molecule has 30 heavy (non-hydrogen) atoms. The molecular formula is C22H26FN5OS. The van der Waals surface area contributed by atoms with Crippen molar-refractivity contribution in [3.05, 3.63) is 53.4 Å². The summed E-state index contributed by atoms with van der Waals surface area (Å²) in [7, 11) is 0. The van der Waals surface area contributed by atoms with E-state index < -0.39 is 0 Å². The second-order valence-corrected chi connectivity index (χ2v) is 8.52. The topological polar surface area (TPSA) is 63.1 Å². The van der Waals surface area contributed by atoms with Crippen LogP contribution in [0.25, 0.3) is 16.4 Å². The highest BCUT2D eigenvalue weighted by molar-refractivity contribution is 7.13. The van der Waals surface area contributed by atoms with Crippen LogP contribution in [-0.4, -0.2) is 51.2 Å². The van der Waals surface area contributed by atoms with Crippen molar-refractivity contribution in [1.82, 2.24) is 25.0 Å². The summed E-state index contributed by atoms with van der Waals surface area (Å²) >= 11 is 1.52. The van der Waals surface area contributed by atoms with Crippen molar-refractivity contribution >= 4 is 17.2 Å². The molecule has 3 aromatic rings. The van der Waals surface area contributed by atoms with Gasteiger partial charge in [0.2, 0.25) is 5.82 Å². The zero-order valence-corrected chi connectivity index (χ0v) is 17.9. The second-order valence-electron chi connectivity index (χ2n) is 7.57. The standard InChI is InChI=1S/C22H26FN5OS/c1-2-3-12-27-13-10-17(11-14-27)24-22(29)20-25-21(19-5-4-15-30-19)28(26-20)18-8-6-16(23)7-9-18/h4-9,15,17H,2-3,10-14H2,1H3,(H,24,29). The summed E-state index contributed by atoms with van der Waals surface area (Å²) in [5.74, 6) is 0.132. The highest BCUT2D eigenvalue weighted by Gasteiger charge is 2.24. The van der Waals surface area contributed by atoms with Crippen molar-refractivity contribution in [3.63, 3.8) is 0 Å². The van der Waals surface area contributed by atoms with E-state index in [1.807, 2.05) is 17.5 Å². The predicted octanol–water partition coefficient (Wildman–Crippen LogP) is 4.13. The van der Waals surface area contributed by atoms with E-state index in [1.165, 1.54) is 36.3 Å². The van der Waals surface area contributed by atoms with E-state index in [9.17, 15) is 9.18 Å². The maximum atomic E-state index is 13.4. The van der Waals surface area contributed by atoms with Crippen LogP contribution >= 0.6 is 11.3 Å². The number of nitrogens with zero attached hydrogens (tertiary/aromatic N) is 4. The number of thiophene rings is 1. The average molecular weight is 428 g/mol. The quantitative estimate of drug-likeness (QED) is 0.616. The number of rotatable bonds is 7. The molecule has 8 heteroatoms. The number of likely N-dealkylation sites (tertiary alicyclic amines) is 1. The van der Waals surface area contributed by atoms with Gasteiger partial charge >= 0.3 is 0 Å². The van der Waals surface area contributed by atoms with Gasteiger partial charge in [0.1, 0.15) is 5.82 Å². The monoisotopic (exact) mass is 427 g/mol. The third-order valence-corrected chi connectivity index (χ3v) is 6.24. The lowest BCUT2D eigenvalue weighted by Crippen LogP contribution is -2.45. The zero-order chi connectivity index (χ0) is 20.9. The fraction of sp³-hybridized carbons (Fsp3) is 0.409. The molecule has 1 fully saturated rings. The van der Waals surface area contributed by atoms with Gasteiger partial charge in [-0.2, -0.15) is 0 Å². The molecule has 1 aliphatic rings. The molecule has 4 rings (SSSR count). The Morgan fingerprint density at radius 3 is 2.67 bits per heavy atom. The Bertz CT molecular complexity index is 962. The van der Waals surface area contributed by atoms with Crippen LogP contribution in [0.3, 0.4) is 0 Å². The highest BCUT2D eigenvalue weighted by atomic mass is 32.1. The van der Waals surface area contributed by atoms with Crippen molar-refractivity contribution < 1.29 is 9.18 Å². The van der Waals surface area contributed by atoms with E-state index >= 15 is 0 Å². The van der Waals surface area contributed by atoms with E-state index in [0.29, 0.717) is 11.5 Å². The van der Waals surface area contributed by atoms with Crippen LogP contribution in [0.2, 0.25) is 0 Å². The van der Waals surface area contributed by atoms with E-state index in [2.05, 4.69) is 27.2 Å². The molecule has 0 unspecified atom stereocenters. The van der Waals surface area contributed by atoms with Gasteiger partial charge in [-0.05, 0) is 61.5 Å². The first-order valence-electron chi connectivity index (χ1n) is 10.4. The zero-order valence-electron chi connectivity index (χ0n) is 17.1. The van der Waals surface area contributed by atoms with Crippen molar-refractivity contribution in [2.24, 2.45) is 0 Å². The third-order valence-electron chi connectivity index (χ3n) is 5.37. The van der Waals surface area contributed by atoms with Crippen LogP contribution < -0.4 is 5.32 Å². The lowest BCUT2D eigenvalue weighted by molar-refractivity contribution is 0.0900. The minimum Gasteiger partial charge on any atom is -0.346 e. The maximum absolute atomic E-state index is 13.4. The summed E-state index contributed by atoms with van der Waals surface area (Å²) in [6.07, 6.45) is 4.29. The molecule has 0 bridgehead atoms. The Morgan fingerprint density at radius 1 is 1.23 bits per heavy atom. The van der Waals surface area contributed by atoms with Crippen LogP contribution in [0.1, 0.15) is 43.2 Å². The van der Waals surface area contributed by atoms with E-state index in [4.69, 9.17) is 0 Å².